The Labute approximate surface area is 822 Å². The average molecular weight is 2080 g/mol. The Hall–Kier alpha value is -11.4. The number of hydrogen-bond donors (Lipinski definition) is 5. The molecule has 728 valence electrons. The maximum atomic E-state index is 10.7. The zero-order valence-corrected chi connectivity index (χ0v) is 82.7. The van der Waals surface area contributed by atoms with Crippen molar-refractivity contribution < 1.29 is 39.6 Å². The Morgan fingerprint density at radius 1 is 0.612 bits per heavy atom. The standard InChI is InChI=1S/C11H15ClN6O2.C11H14ClN3O2.C10H9ClN4S.C10H11ClN4.C9H15ClN6O2S.C8H12ClN5O3S.C7H9ClN4O2S.C7H14N4O3/c1-15-7-16(2)11(14-18(19)20)17(8-15)6-9-3-4-10(12)13-5-9;1-3-14(9(2)7-15(16)17)8-10-4-5-11(12)13-6-10;11-9-2-1-8(5-13-9)6-15-3-4-16-10(15)14-7-12;1-8(14-7-12)15(2)6-9-3-4-10(11)13-5-9;1-13-5-14(2)9(12-16(17)18)15(6-13)4-7-3-11-8(10)19-7;1-12-4-17-5-13(8(12)11-14(15)16)3-6-2-10-7(9)18-6;1-2-6(11-12(13)14)9-3-5-4-10-7(8)15-5;1-8-7(10-11(12)13)9-4-6-2-3-14-5-6/h3-5H,6-8H2,1-2H3;4-7H,3,8H2,1-2H3;1-2,5H,3-4,6H2;3-5H,6H2,1-2H3;3,8,11H,4-6H2,1-2H3;2,7,10H,3-5H2,1H3;4H,2-3H2,1H3,(H,9,11);6H,2-5H2,1H3,(H2,8,9,10)/b14-11+;9-7+;;;12-9+;11-8+;;. The molecule has 0 aliphatic carbocycles. The summed E-state index contributed by atoms with van der Waals surface area (Å²) >= 11 is 46.1. The predicted octanol–water partition coefficient (Wildman–Crippen LogP) is 9.77. The van der Waals surface area contributed by atoms with E-state index in [0.717, 1.165) is 80.2 Å². The molecule has 0 aromatic carbocycles. The molecule has 5 N–H and O–H groups in total. The molecule has 7 aliphatic heterocycles. The quantitative estimate of drug-likeness (QED) is 0.00530. The molecule has 12 rings (SSSR count). The van der Waals surface area contributed by atoms with Crippen LogP contribution < -0.4 is 26.6 Å². The van der Waals surface area contributed by atoms with Gasteiger partial charge in [0.15, 0.2) is 50.3 Å². The smallest absolute Gasteiger partial charge is 0.277 e. The third kappa shape index (κ3) is 44.7. The number of nitrogens with one attached hydrogen (secondary N) is 5. The van der Waals surface area contributed by atoms with Crippen molar-refractivity contribution in [1.29, 1.82) is 10.5 Å². The van der Waals surface area contributed by atoms with E-state index in [9.17, 15) is 60.7 Å². The number of hydrogen-bond acceptors (Lipinski definition) is 32. The lowest BCUT2D eigenvalue weighted by molar-refractivity contribution is -0.486. The molecule has 0 spiro atoms. The van der Waals surface area contributed by atoms with Crippen LogP contribution in [0.4, 0.5) is 0 Å². The lowest BCUT2D eigenvalue weighted by Gasteiger charge is -2.40. The third-order valence-corrected chi connectivity index (χ3v) is 23.3. The van der Waals surface area contributed by atoms with Gasteiger partial charge in [-0.05, 0) is 87.8 Å². The fourth-order valence-corrected chi connectivity index (χ4v) is 16.5. The number of nitriles is 2. The first-order valence-electron chi connectivity index (χ1n) is 39.6. The zero-order chi connectivity index (χ0) is 98.9. The SMILES string of the molecule is CC(=NC#N)N(C)Cc1ccc(Cl)nc1.CC/C(=N\[N+](=O)[O-])NCc1cnc(Cl)s1.CCN(Cc1ccc(Cl)nc1)/C(C)=C/[N+](=O)[O-].CN/C(=N\[N+](=O)[O-])NCC1CCOC1.CN1CN(C)/C(=N\[N+](=O)[O-])N(CC2=CNC(Cl)S2)C1.CN1CN(C)/C(=N\[N+](=O)[O-])N(Cc2ccc(Cl)nc2)C1.CN1COCN(CC2=CNC(Cl)S2)/C1=N/[N+](=O)[O-].N#CN=C1SCCN1Cc1ccc(Cl)nc1. The normalized spacial score (nSPS) is 18.4. The van der Waals surface area contributed by atoms with Gasteiger partial charge in [0, 0.05) is 164 Å². The van der Waals surface area contributed by atoms with E-state index in [4.69, 9.17) is 101 Å². The van der Waals surface area contributed by atoms with Gasteiger partial charge in [-0.15, -0.1) is 16.3 Å². The molecule has 7 aliphatic rings. The minimum Gasteiger partial charge on any atom is -0.381 e. The summed E-state index contributed by atoms with van der Waals surface area (Å²) in [5, 5.41) is 109. The van der Waals surface area contributed by atoms with E-state index in [-0.39, 0.29) is 35.0 Å². The number of thiazole rings is 1. The van der Waals surface area contributed by atoms with Gasteiger partial charge >= 0.3 is 0 Å². The number of aromatic nitrogens is 5. The molecule has 50 nitrogen and oxygen atoms in total. The summed E-state index contributed by atoms with van der Waals surface area (Å²) in [6, 6.07) is 14.4. The first-order valence-corrected chi connectivity index (χ1v) is 45.9. The third-order valence-electron chi connectivity index (χ3n) is 17.8. The number of rotatable bonds is 25. The molecule has 0 amide bonds. The zero-order valence-electron chi connectivity index (χ0n) is 74.2. The Morgan fingerprint density at radius 3 is 1.52 bits per heavy atom. The molecule has 5 aromatic rings. The molecule has 134 heavy (non-hydrogen) atoms. The van der Waals surface area contributed by atoms with Crippen molar-refractivity contribution in [2.24, 2.45) is 41.4 Å². The van der Waals surface area contributed by atoms with Crippen LogP contribution in [0, 0.1) is 89.5 Å². The number of halogens is 7. The van der Waals surface area contributed by atoms with Crippen LogP contribution in [0.2, 0.25) is 25.1 Å². The Balaban J connectivity index is 0.000000271. The van der Waals surface area contributed by atoms with Crippen LogP contribution in [-0.2, 0) is 42.2 Å². The molecule has 0 bridgehead atoms. The summed E-state index contributed by atoms with van der Waals surface area (Å²) in [4.78, 5) is 112. The van der Waals surface area contributed by atoms with Crippen LogP contribution >= 0.6 is 128 Å². The highest BCUT2D eigenvalue weighted by atomic mass is 35.5. The highest BCUT2D eigenvalue weighted by Gasteiger charge is 2.32. The monoisotopic (exact) mass is 2080 g/mol. The number of aliphatic imine (C=N–C) groups is 2. The summed E-state index contributed by atoms with van der Waals surface area (Å²) in [6.07, 6.45) is 18.1. The summed E-state index contributed by atoms with van der Waals surface area (Å²) in [5.74, 6) is 3.57. The van der Waals surface area contributed by atoms with Gasteiger partial charge in [-0.3, -0.25) is 19.9 Å². The van der Waals surface area contributed by atoms with Gasteiger partial charge in [-0.2, -0.15) is 15.5 Å². The number of amidine groups is 3. The first kappa shape index (κ1) is 113. The highest BCUT2D eigenvalue weighted by Crippen LogP contribution is 2.31. The number of guanidine groups is 4. The number of nitrogens with zero attached hydrogens (tertiary/aromatic N) is 31. The summed E-state index contributed by atoms with van der Waals surface area (Å²) in [6.45, 7) is 17.7. The van der Waals surface area contributed by atoms with Gasteiger partial charge < -0.3 is 80.2 Å². The van der Waals surface area contributed by atoms with E-state index >= 15 is 0 Å². The summed E-state index contributed by atoms with van der Waals surface area (Å²) < 4.78 is 10.9. The van der Waals surface area contributed by atoms with Gasteiger partial charge in [-0.25, -0.2) is 75.5 Å². The van der Waals surface area contributed by atoms with Crippen molar-refractivity contribution in [3.8, 4) is 12.4 Å². The van der Waals surface area contributed by atoms with Crippen LogP contribution in [-0.4, -0.2) is 300 Å². The Bertz CT molecular complexity index is 5050. The molecule has 0 radical (unpaired) electrons. The van der Waals surface area contributed by atoms with Crippen molar-refractivity contribution in [2.45, 2.75) is 82.9 Å². The Kier molecular flexibility index (Phi) is 51.3. The maximum absolute atomic E-state index is 10.7. The van der Waals surface area contributed by atoms with Gasteiger partial charge in [0.2, 0.25) is 12.4 Å². The van der Waals surface area contributed by atoms with Crippen LogP contribution in [0.3, 0.4) is 0 Å². The second-order valence-corrected chi connectivity index (χ2v) is 36.4. The number of hydrazone groups is 5. The first-order chi connectivity index (χ1) is 63.7. The molecule has 0 saturated carbocycles. The molecular formula is C73H99Cl7N36O14S4. The van der Waals surface area contributed by atoms with Crippen LogP contribution in [0.1, 0.15) is 67.7 Å². The predicted molar refractivity (Wildman–Crippen MR) is 517 cm³/mol. The fraction of sp³-hybridized carbons (Fsp3) is 0.479. The van der Waals surface area contributed by atoms with Gasteiger partial charge in [0.25, 0.3) is 30.0 Å². The second kappa shape index (κ2) is 60.8. The van der Waals surface area contributed by atoms with E-state index in [0.29, 0.717) is 152 Å². The van der Waals surface area contributed by atoms with Crippen molar-refractivity contribution >= 4 is 169 Å². The molecule has 5 aromatic heterocycles. The van der Waals surface area contributed by atoms with Crippen LogP contribution in [0.5, 0.6) is 0 Å². The molecule has 3 atom stereocenters. The number of nitro groups is 6. The molecular weight excluding hydrogens is 1980 g/mol. The minimum atomic E-state index is -0.732. The van der Waals surface area contributed by atoms with Crippen LogP contribution in [0.25, 0.3) is 0 Å². The van der Waals surface area contributed by atoms with E-state index in [1.54, 1.807) is 148 Å². The fourth-order valence-electron chi connectivity index (χ4n) is 11.8. The average Bonchev–Trinajstić information content (AvgIpc) is 1.55. The second-order valence-electron chi connectivity index (χ2n) is 28.3. The molecule has 5 fully saturated rings. The lowest BCUT2D eigenvalue weighted by Crippen LogP contribution is -2.56. The van der Waals surface area contributed by atoms with Crippen molar-refractivity contribution in [3.05, 3.63) is 227 Å². The largest absolute Gasteiger partial charge is 0.381 e. The molecule has 12 heterocycles. The number of alkyl halides is 2. The van der Waals surface area contributed by atoms with E-state index in [1.807, 2.05) is 94.1 Å². The maximum Gasteiger partial charge on any atom is 0.277 e. The van der Waals surface area contributed by atoms with Crippen LogP contribution in [0.15, 0.2) is 149 Å². The van der Waals surface area contributed by atoms with Crippen molar-refractivity contribution in [3.63, 3.8) is 0 Å². The summed E-state index contributed by atoms with van der Waals surface area (Å²) in [5.41, 5.74) is 4.58. The van der Waals surface area contributed by atoms with E-state index in [1.165, 1.54) is 34.9 Å². The number of ether oxygens (including phenoxy) is 2. The minimum absolute atomic E-state index is 0.175. The summed E-state index contributed by atoms with van der Waals surface area (Å²) in [7, 11) is 12.6. The number of thioether (sulfide) groups is 3. The van der Waals surface area contributed by atoms with E-state index < -0.39 is 30.1 Å². The Morgan fingerprint density at radius 2 is 1.10 bits per heavy atom. The lowest BCUT2D eigenvalue weighted by atomic mass is 10.1. The van der Waals surface area contributed by atoms with Gasteiger partial charge in [0.05, 0.1) is 68.6 Å². The number of allylic oxidation sites excluding steroid dienone is 1. The van der Waals surface area contributed by atoms with Crippen molar-refractivity contribution in [2.75, 3.05) is 141 Å². The van der Waals surface area contributed by atoms with Gasteiger partial charge in [0.1, 0.15) is 60.3 Å². The number of pyridine rings is 4. The highest BCUT2D eigenvalue weighted by molar-refractivity contribution is 8.14. The van der Waals surface area contributed by atoms with Crippen molar-refractivity contribution in [1.82, 2.24) is 105 Å². The van der Waals surface area contributed by atoms with Gasteiger partial charge in [-0.1, -0.05) is 148 Å². The molecule has 61 heteroatoms. The molecule has 5 saturated heterocycles. The van der Waals surface area contributed by atoms with E-state index in [2.05, 4.69) is 91.9 Å². The topological polar surface area (TPSA) is 572 Å². The molecule has 3 unspecified atom stereocenters.